The zero-order valence-corrected chi connectivity index (χ0v) is 37.2. The van der Waals surface area contributed by atoms with Gasteiger partial charge in [0.1, 0.15) is 0 Å². The third-order valence-electron chi connectivity index (χ3n) is 9.76. The van der Waals surface area contributed by atoms with E-state index in [1.54, 1.807) is 0 Å². The maximum absolute atomic E-state index is 7.26. The Hall–Kier alpha value is 1.02. The van der Waals surface area contributed by atoms with Gasteiger partial charge in [0.15, 0.2) is 0 Å². The summed E-state index contributed by atoms with van der Waals surface area (Å²) in [6.07, 6.45) is 2.62. The summed E-state index contributed by atoms with van der Waals surface area (Å²) in [5.41, 5.74) is 7.50. The molecule has 0 N–H and O–H groups in total. The molecule has 3 aromatic carbocycles. The Labute approximate surface area is 300 Å². The molecule has 0 bridgehead atoms. The van der Waals surface area contributed by atoms with E-state index >= 15 is 0 Å². The summed E-state index contributed by atoms with van der Waals surface area (Å²) in [7, 11) is 0. The second-order valence-corrected chi connectivity index (χ2v) is 82.7. The summed E-state index contributed by atoms with van der Waals surface area (Å²) in [6.45, 7) is 18.2. The fourth-order valence-corrected chi connectivity index (χ4v) is 218. The molecule has 0 fully saturated rings. The van der Waals surface area contributed by atoms with Crippen molar-refractivity contribution in [2.45, 2.75) is 74.7 Å². The van der Waals surface area contributed by atoms with Crippen LogP contribution in [0.3, 0.4) is 0 Å². The average molecular weight is 830 g/mol. The molecule has 236 valence electrons. The van der Waals surface area contributed by atoms with Gasteiger partial charge in [0.25, 0.3) is 0 Å². The van der Waals surface area contributed by atoms with Gasteiger partial charge in [-0.15, -0.1) is 0 Å². The summed E-state index contributed by atoms with van der Waals surface area (Å²) in [5.74, 6) is 0. The van der Waals surface area contributed by atoms with E-state index in [-0.39, 0.29) is 5.41 Å². The van der Waals surface area contributed by atoms with E-state index in [4.69, 9.17) is 72.2 Å². The molecule has 4 rings (SSSR count). The Morgan fingerprint density at radius 2 is 0.864 bits per heavy atom. The third-order valence-corrected chi connectivity index (χ3v) is 145. The molecule has 1 aliphatic rings. The molecule has 0 amide bonds. The van der Waals surface area contributed by atoms with Gasteiger partial charge in [-0.1, -0.05) is 0 Å². The molecule has 3 aromatic rings. The first-order valence-electron chi connectivity index (χ1n) is 15.2. The van der Waals surface area contributed by atoms with Crippen molar-refractivity contribution in [3.63, 3.8) is 0 Å². The van der Waals surface area contributed by atoms with Crippen LogP contribution < -0.4 is 15.9 Å². The Morgan fingerprint density at radius 1 is 0.568 bits per heavy atom. The Morgan fingerprint density at radius 3 is 1.11 bits per heavy atom. The molecule has 0 saturated heterocycles. The normalized spacial score (nSPS) is 20.5. The van der Waals surface area contributed by atoms with Gasteiger partial charge in [-0.2, -0.15) is 0 Å². The van der Waals surface area contributed by atoms with Crippen molar-refractivity contribution in [3.05, 3.63) is 109 Å². The number of rotatable bonds is 10. The van der Waals surface area contributed by atoms with Crippen LogP contribution in [0.5, 0.6) is 0 Å². The monoisotopic (exact) mass is 828 g/mol. The van der Waals surface area contributed by atoms with Crippen LogP contribution in [-0.4, -0.2) is 0 Å². The van der Waals surface area contributed by atoms with Gasteiger partial charge < -0.3 is 0 Å². The van der Waals surface area contributed by atoms with Gasteiger partial charge in [0.05, 0.1) is 0 Å². The van der Waals surface area contributed by atoms with Crippen LogP contribution in [0.2, 0.25) is 0 Å². The van der Waals surface area contributed by atoms with Gasteiger partial charge in [-0.05, 0) is 0 Å². The minimum atomic E-state index is -4.77. The Balaban J connectivity index is 2.43. The second-order valence-electron chi connectivity index (χ2n) is 12.2. The van der Waals surface area contributed by atoms with Gasteiger partial charge in [-0.25, -0.2) is 0 Å². The second kappa shape index (κ2) is 14.1. The van der Waals surface area contributed by atoms with Crippen molar-refractivity contribution in [2.75, 3.05) is 0 Å². The summed E-state index contributed by atoms with van der Waals surface area (Å²) < 4.78 is -6.98. The number of thiol groups is 3. The molecule has 1 aliphatic carbocycles. The van der Waals surface area contributed by atoms with E-state index in [0.29, 0.717) is 0 Å². The van der Waals surface area contributed by atoms with Gasteiger partial charge >= 0.3 is 304 Å². The summed E-state index contributed by atoms with van der Waals surface area (Å²) in [4.78, 5) is 0. The van der Waals surface area contributed by atoms with Crippen LogP contribution in [0.15, 0.2) is 92.8 Å². The molecule has 44 heavy (non-hydrogen) atoms. The predicted octanol–water partition coefficient (Wildman–Crippen LogP) is 11.2. The fraction of sp³-hybridized carbons (Fsp3) is 0.353. The first-order chi connectivity index (χ1) is 20.5. The number of hydrogen-bond donors (Lipinski definition) is 3. The summed E-state index contributed by atoms with van der Waals surface area (Å²) in [5, 5.41) is 3.55. The van der Waals surface area contributed by atoms with E-state index in [2.05, 4.69) is 128 Å². The van der Waals surface area contributed by atoms with Crippen LogP contribution in [-0.2, 0) is 73.2 Å². The molecule has 3 unspecified atom stereocenters. The molecule has 0 spiro atoms. The van der Waals surface area contributed by atoms with Crippen LogP contribution >= 0.6 is 44.3 Å². The number of hydrogen-bond acceptors (Lipinski definition) is 3. The molecular weight excluding hydrogens is 785 g/mol. The van der Waals surface area contributed by atoms with Gasteiger partial charge in [0, 0.05) is 0 Å². The molecule has 0 heterocycles. The molecule has 3 atom stereocenters. The Kier molecular flexibility index (Phi) is 12.1. The van der Waals surface area contributed by atoms with E-state index in [1.165, 1.54) is 52.6 Å². The number of aryl methyl sites for hydroxylation is 3. The van der Waals surface area contributed by atoms with E-state index < -0.39 is 26.1 Å². The molecule has 0 aliphatic heterocycles. The zero-order valence-electron chi connectivity index (χ0n) is 27.0. The van der Waals surface area contributed by atoms with Crippen LogP contribution in [0.4, 0.5) is 0 Å². The van der Waals surface area contributed by atoms with E-state index in [0.717, 1.165) is 19.3 Å². The third kappa shape index (κ3) is 5.74. The van der Waals surface area contributed by atoms with Crippen molar-refractivity contribution >= 4 is 95.7 Å². The molecule has 0 saturated carbocycles. The van der Waals surface area contributed by atoms with Crippen LogP contribution in [0.25, 0.3) is 0 Å². The number of allylic oxidation sites excluding steroid dienone is 4. The Bertz CT molecular complexity index is 1660. The molecule has 0 aromatic heterocycles. The first kappa shape index (κ1) is 37.8. The predicted molar refractivity (Wildman–Crippen MR) is 221 cm³/mol. The zero-order chi connectivity index (χ0) is 32.9. The van der Waals surface area contributed by atoms with Crippen LogP contribution in [0.1, 0.15) is 72.1 Å². The maximum atomic E-state index is 7.26. The summed E-state index contributed by atoms with van der Waals surface area (Å²) in [6, 6.07) is 26.1. The average Bonchev–Trinajstić information content (AvgIpc) is 3.15. The molecule has 0 nitrogen and oxygen atoms in total. The van der Waals surface area contributed by atoms with Crippen molar-refractivity contribution in [1.29, 1.82) is 0 Å². The van der Waals surface area contributed by atoms with Crippen molar-refractivity contribution in [2.24, 2.45) is 5.41 Å². The fourth-order valence-electron chi connectivity index (χ4n) is 7.09. The van der Waals surface area contributed by atoms with Gasteiger partial charge in [0.2, 0.25) is 0 Å². The topological polar surface area (TPSA) is 0 Å². The van der Waals surface area contributed by atoms with Crippen LogP contribution in [0, 0.1) is 5.41 Å². The first-order valence-corrected chi connectivity index (χ1v) is 38.1. The van der Waals surface area contributed by atoms with E-state index in [1.807, 2.05) is 0 Å². The van der Waals surface area contributed by atoms with E-state index in [9.17, 15) is 0 Å². The SMILES string of the molecule is CCc1ccccc1[P](=S)(S)[Zr]([C]1=C(C)C(C)=C(C)C1(C)C)([P](=S)(S)c1ccccc1CC)[P](=S)(S)c1ccccc1CC. The minimum absolute atomic E-state index is 0.278. The number of benzene rings is 3. The van der Waals surface area contributed by atoms with Gasteiger partial charge in [-0.3, -0.25) is 0 Å². The molecular formula is C34H45P3S6Zr. The molecule has 0 radical (unpaired) electrons. The van der Waals surface area contributed by atoms with Crippen molar-refractivity contribution < 1.29 is 18.5 Å². The quantitative estimate of drug-likeness (QED) is 0.138. The summed E-state index contributed by atoms with van der Waals surface area (Å²) >= 11 is 34.8. The molecule has 10 heteroatoms. The standard InChI is InChI=1S/C10H15.3C8H9PS2.Zr/c1-7-6-10(4,5)9(3)8(7)2;3*1-2-7-5-3-4-6-8(7)9(10)11;/h1-5H3;3*3-6H,2H2,1H3;/q;;;;-3/p+3. The van der Waals surface area contributed by atoms with Crippen molar-refractivity contribution in [1.82, 2.24) is 0 Å². The van der Waals surface area contributed by atoms with Crippen molar-refractivity contribution in [3.8, 4) is 0 Å².